The summed E-state index contributed by atoms with van der Waals surface area (Å²) in [6.07, 6.45) is 1.08. The first kappa shape index (κ1) is 16.0. The first-order valence-corrected chi connectivity index (χ1v) is 7.14. The normalized spacial score (nSPS) is 12.0. The molecule has 0 heterocycles. The van der Waals surface area contributed by atoms with Crippen molar-refractivity contribution in [2.45, 2.75) is 18.9 Å². The molecular formula is C9H23NO5Si. The van der Waals surface area contributed by atoms with Crippen LogP contribution < -0.4 is 5.32 Å². The summed E-state index contributed by atoms with van der Waals surface area (Å²) in [5.74, 6) is 0. The third kappa shape index (κ3) is 10.5. The van der Waals surface area contributed by atoms with E-state index in [4.69, 9.17) is 24.1 Å². The van der Waals surface area contributed by atoms with Gasteiger partial charge in [-0.05, 0) is 26.1 Å². The minimum atomic E-state index is -0.736. The van der Waals surface area contributed by atoms with E-state index in [-0.39, 0.29) is 26.4 Å². The molecule has 0 saturated carbocycles. The molecule has 98 valence electrons. The van der Waals surface area contributed by atoms with E-state index in [9.17, 15) is 0 Å². The lowest BCUT2D eigenvalue weighted by Gasteiger charge is -2.18. The molecule has 0 spiro atoms. The number of hydrogen-bond acceptors (Lipinski definition) is 6. The molecule has 7 heteroatoms. The van der Waals surface area contributed by atoms with Gasteiger partial charge in [-0.25, -0.2) is 0 Å². The molecule has 0 aromatic rings. The zero-order valence-corrected chi connectivity index (χ0v) is 11.3. The Hall–Kier alpha value is -0.0231. The summed E-state index contributed by atoms with van der Waals surface area (Å²) in [5, 5.41) is 20.3. The van der Waals surface area contributed by atoms with Crippen LogP contribution in [0.1, 0.15) is 6.42 Å². The second-order valence-corrected chi connectivity index (χ2v) is 4.61. The zero-order chi connectivity index (χ0) is 12.1. The molecule has 0 atom stereocenters. The van der Waals surface area contributed by atoms with Crippen molar-refractivity contribution in [3.05, 3.63) is 0 Å². The highest BCUT2D eigenvalue weighted by Gasteiger charge is 2.08. The fourth-order valence-electron chi connectivity index (χ4n) is 1.03. The Kier molecular flexibility index (Phi) is 13.0. The van der Waals surface area contributed by atoms with Crippen LogP contribution in [-0.2, 0) is 13.9 Å². The van der Waals surface area contributed by atoms with Crippen LogP contribution in [0.4, 0.5) is 0 Å². The highest BCUT2D eigenvalue weighted by atomic mass is 28.2. The summed E-state index contributed by atoms with van der Waals surface area (Å²) >= 11 is 0. The second kappa shape index (κ2) is 13.0. The number of ether oxygens (including phenoxy) is 2. The summed E-state index contributed by atoms with van der Waals surface area (Å²) < 4.78 is 15.7. The highest BCUT2D eigenvalue weighted by molar-refractivity contribution is 6.27. The van der Waals surface area contributed by atoms with E-state index in [0.717, 1.165) is 19.0 Å². The van der Waals surface area contributed by atoms with Crippen molar-refractivity contribution in [1.29, 1.82) is 0 Å². The minimum Gasteiger partial charge on any atom is -0.394 e. The van der Waals surface area contributed by atoms with E-state index in [0.29, 0.717) is 0 Å². The lowest BCUT2D eigenvalue weighted by Crippen LogP contribution is -2.26. The quantitative estimate of drug-likeness (QED) is 0.221. The van der Waals surface area contributed by atoms with Crippen LogP contribution in [0.3, 0.4) is 0 Å². The first-order valence-electron chi connectivity index (χ1n) is 5.56. The Balaban J connectivity index is 3.48. The van der Waals surface area contributed by atoms with Gasteiger partial charge in [0.1, 0.15) is 0 Å². The Morgan fingerprint density at radius 1 is 1.19 bits per heavy atom. The van der Waals surface area contributed by atoms with Crippen molar-refractivity contribution in [2.75, 3.05) is 40.0 Å². The fraction of sp³-hybridized carbons (Fsp3) is 1.00. The van der Waals surface area contributed by atoms with Crippen LogP contribution >= 0.6 is 0 Å². The van der Waals surface area contributed by atoms with Crippen LogP contribution in [0.15, 0.2) is 0 Å². The summed E-state index contributed by atoms with van der Waals surface area (Å²) in [6, 6.07) is 1.04. The Morgan fingerprint density at radius 3 is 2.31 bits per heavy atom. The lowest BCUT2D eigenvalue weighted by molar-refractivity contribution is -0.252. The van der Waals surface area contributed by atoms with Gasteiger partial charge in [0.25, 0.3) is 6.48 Å². The van der Waals surface area contributed by atoms with Crippen molar-refractivity contribution < 1.29 is 24.1 Å². The van der Waals surface area contributed by atoms with Gasteiger partial charge in [-0.15, -0.1) is 0 Å². The van der Waals surface area contributed by atoms with Crippen LogP contribution in [0, 0.1) is 0 Å². The Bertz CT molecular complexity index is 133. The number of nitrogens with one attached hydrogen (secondary N) is 1. The number of hydrogen-bond donors (Lipinski definition) is 3. The molecule has 0 aromatic carbocycles. The van der Waals surface area contributed by atoms with Crippen molar-refractivity contribution in [3.8, 4) is 0 Å². The van der Waals surface area contributed by atoms with Gasteiger partial charge < -0.3 is 29.4 Å². The monoisotopic (exact) mass is 253 g/mol. The van der Waals surface area contributed by atoms with E-state index < -0.39 is 16.2 Å². The minimum absolute atomic E-state index is 0.0658. The van der Waals surface area contributed by atoms with Crippen molar-refractivity contribution >= 4 is 9.76 Å². The van der Waals surface area contributed by atoms with Crippen LogP contribution in [-0.4, -0.2) is 66.5 Å². The highest BCUT2D eigenvalue weighted by Crippen LogP contribution is 1.99. The summed E-state index contributed by atoms with van der Waals surface area (Å²) in [5.41, 5.74) is 0. The molecule has 0 radical (unpaired) electrons. The maximum absolute atomic E-state index is 8.60. The molecule has 3 N–H and O–H groups in total. The molecule has 0 amide bonds. The molecule has 16 heavy (non-hydrogen) atoms. The molecule has 0 bridgehead atoms. The Morgan fingerprint density at radius 2 is 1.81 bits per heavy atom. The van der Waals surface area contributed by atoms with Crippen LogP contribution in [0.5, 0.6) is 0 Å². The predicted molar refractivity (Wildman–Crippen MR) is 62.8 cm³/mol. The van der Waals surface area contributed by atoms with E-state index in [2.05, 4.69) is 5.32 Å². The summed E-state index contributed by atoms with van der Waals surface area (Å²) in [4.78, 5) is 0. The molecule has 0 unspecified atom stereocenters. The van der Waals surface area contributed by atoms with Crippen molar-refractivity contribution in [1.82, 2.24) is 5.32 Å². The zero-order valence-electron chi connectivity index (χ0n) is 9.85. The predicted octanol–water partition coefficient (Wildman–Crippen LogP) is -1.58. The largest absolute Gasteiger partial charge is 0.394 e. The van der Waals surface area contributed by atoms with Gasteiger partial charge in [0.15, 0.2) is 9.76 Å². The van der Waals surface area contributed by atoms with Gasteiger partial charge in [0, 0.05) is 0 Å². The first-order chi connectivity index (χ1) is 7.85. The molecule has 6 nitrogen and oxygen atoms in total. The number of aliphatic hydroxyl groups excluding tert-OH is 2. The van der Waals surface area contributed by atoms with Gasteiger partial charge in [-0.2, -0.15) is 0 Å². The van der Waals surface area contributed by atoms with Crippen LogP contribution in [0.25, 0.3) is 0 Å². The van der Waals surface area contributed by atoms with E-state index in [1.165, 1.54) is 0 Å². The van der Waals surface area contributed by atoms with Gasteiger partial charge >= 0.3 is 0 Å². The lowest BCUT2D eigenvalue weighted by atomic mass is 10.5. The van der Waals surface area contributed by atoms with Gasteiger partial charge in [-0.3, -0.25) is 0 Å². The van der Waals surface area contributed by atoms with Crippen LogP contribution in [0.2, 0.25) is 6.04 Å². The average molecular weight is 253 g/mol. The summed E-state index contributed by atoms with van der Waals surface area (Å²) in [7, 11) is 1.25. The maximum Gasteiger partial charge on any atom is 0.261 e. The molecule has 0 saturated heterocycles. The third-order valence-electron chi connectivity index (χ3n) is 1.77. The SMILES string of the molecule is CNCCC[SiH2]OC(OCCO)OCCO. The average Bonchev–Trinajstić information content (AvgIpc) is 2.31. The van der Waals surface area contributed by atoms with Crippen molar-refractivity contribution in [2.24, 2.45) is 0 Å². The number of aliphatic hydroxyl groups is 2. The Labute approximate surface area is 98.8 Å². The van der Waals surface area contributed by atoms with E-state index in [1.807, 2.05) is 7.05 Å². The molecule has 0 aromatic heterocycles. The topological polar surface area (TPSA) is 80.2 Å². The molecular weight excluding hydrogens is 230 g/mol. The van der Waals surface area contributed by atoms with Gasteiger partial charge in [-0.1, -0.05) is 0 Å². The summed E-state index contributed by atoms with van der Waals surface area (Å²) in [6.45, 7) is 0.478. The standard InChI is InChI=1S/C9H23NO5Si/c1-10-3-2-8-16-15-9(13-6-4-11)14-7-5-12/h9-12H,2-8,16H2,1H3. The fourth-order valence-corrected chi connectivity index (χ4v) is 2.03. The third-order valence-corrected chi connectivity index (χ3v) is 3.06. The van der Waals surface area contributed by atoms with E-state index >= 15 is 0 Å². The second-order valence-electron chi connectivity index (χ2n) is 3.16. The van der Waals surface area contributed by atoms with Gasteiger partial charge in [0.05, 0.1) is 26.4 Å². The molecule has 0 fully saturated rings. The maximum atomic E-state index is 8.60. The number of rotatable bonds is 12. The molecule has 0 aliphatic heterocycles. The molecule has 0 aliphatic carbocycles. The van der Waals surface area contributed by atoms with Gasteiger partial charge in [0.2, 0.25) is 0 Å². The van der Waals surface area contributed by atoms with Crippen molar-refractivity contribution in [3.63, 3.8) is 0 Å². The molecule has 0 aliphatic rings. The van der Waals surface area contributed by atoms with E-state index in [1.54, 1.807) is 0 Å². The molecule has 0 rings (SSSR count). The smallest absolute Gasteiger partial charge is 0.261 e.